The van der Waals surface area contributed by atoms with E-state index in [4.69, 9.17) is 5.11 Å². The Morgan fingerprint density at radius 1 is 1.33 bits per heavy atom. The fraction of sp³-hybridized carbons (Fsp3) is 0.385. The largest absolute Gasteiger partial charge is 0.390 e. The van der Waals surface area contributed by atoms with E-state index in [-0.39, 0.29) is 6.61 Å². The summed E-state index contributed by atoms with van der Waals surface area (Å²) in [6.45, 7) is 6.51. The van der Waals surface area contributed by atoms with E-state index < -0.39 is 0 Å². The second-order valence-electron chi connectivity index (χ2n) is 4.35. The molecule has 0 saturated carbocycles. The molecule has 2 nitrogen and oxygen atoms in total. The molecule has 2 rings (SSSR count). The molecule has 0 fully saturated rings. The first-order chi connectivity index (χ1) is 7.13. The molecule has 0 amide bonds. The molecule has 0 spiro atoms. The van der Waals surface area contributed by atoms with E-state index in [0.29, 0.717) is 5.92 Å². The number of benzene rings is 1. The number of nitrogens with one attached hydrogen (secondary N) is 1. The Kier molecular flexibility index (Phi) is 2.53. The molecule has 1 heterocycles. The third-order valence-electron chi connectivity index (χ3n) is 3.01. The van der Waals surface area contributed by atoms with E-state index in [9.17, 15) is 0 Å². The average molecular weight is 203 g/mol. The van der Waals surface area contributed by atoms with Gasteiger partial charge in [0.2, 0.25) is 0 Å². The van der Waals surface area contributed by atoms with Gasteiger partial charge in [0.25, 0.3) is 0 Å². The van der Waals surface area contributed by atoms with Crippen molar-refractivity contribution in [2.75, 3.05) is 0 Å². The smallest absolute Gasteiger partial charge is 0.0833 e. The predicted molar refractivity (Wildman–Crippen MR) is 63.0 cm³/mol. The van der Waals surface area contributed by atoms with Crippen molar-refractivity contribution >= 4 is 10.9 Å². The third kappa shape index (κ3) is 1.65. The molecule has 15 heavy (non-hydrogen) atoms. The topological polar surface area (TPSA) is 36.0 Å². The lowest BCUT2D eigenvalue weighted by molar-refractivity contribution is 0.277. The first-order valence-corrected chi connectivity index (χ1v) is 5.35. The lowest BCUT2D eigenvalue weighted by Gasteiger charge is -2.04. The van der Waals surface area contributed by atoms with Crippen molar-refractivity contribution in [2.45, 2.75) is 33.3 Å². The van der Waals surface area contributed by atoms with Crippen molar-refractivity contribution < 1.29 is 5.11 Å². The van der Waals surface area contributed by atoms with Gasteiger partial charge in [-0.3, -0.25) is 0 Å². The van der Waals surface area contributed by atoms with Crippen molar-refractivity contribution in [3.05, 3.63) is 35.0 Å². The van der Waals surface area contributed by atoms with Crippen LogP contribution in [0.3, 0.4) is 0 Å². The monoisotopic (exact) mass is 203 g/mol. The lowest BCUT2D eigenvalue weighted by Crippen LogP contribution is -1.86. The van der Waals surface area contributed by atoms with Crippen LogP contribution in [0.25, 0.3) is 10.9 Å². The average Bonchev–Trinajstić information content (AvgIpc) is 2.55. The lowest BCUT2D eigenvalue weighted by atomic mass is 10.0. The van der Waals surface area contributed by atoms with Gasteiger partial charge in [0.05, 0.1) is 6.61 Å². The van der Waals surface area contributed by atoms with Crippen LogP contribution in [0.4, 0.5) is 0 Å². The summed E-state index contributed by atoms with van der Waals surface area (Å²) >= 11 is 0. The van der Waals surface area contributed by atoms with Gasteiger partial charge in [0.1, 0.15) is 0 Å². The highest BCUT2D eigenvalue weighted by Gasteiger charge is 2.08. The fourth-order valence-electron chi connectivity index (χ4n) is 1.92. The molecule has 0 atom stereocenters. The maximum atomic E-state index is 9.17. The minimum atomic E-state index is 0.0809. The van der Waals surface area contributed by atoms with Gasteiger partial charge in [-0.05, 0) is 36.1 Å². The van der Waals surface area contributed by atoms with Gasteiger partial charge >= 0.3 is 0 Å². The standard InChI is InChI=1S/C13H17NO/c1-8(2)10-4-5-12-11(6-10)9(3)13(7-15)14-12/h4-6,8,14-15H,7H2,1-3H3. The summed E-state index contributed by atoms with van der Waals surface area (Å²) in [6, 6.07) is 6.45. The summed E-state index contributed by atoms with van der Waals surface area (Å²) in [5.41, 5.74) is 4.54. The molecule has 2 aromatic rings. The number of aliphatic hydroxyl groups excluding tert-OH is 1. The van der Waals surface area contributed by atoms with Crippen LogP contribution in [0.15, 0.2) is 18.2 Å². The molecule has 0 unspecified atom stereocenters. The number of aromatic nitrogens is 1. The quantitative estimate of drug-likeness (QED) is 0.773. The number of aryl methyl sites for hydroxylation is 1. The van der Waals surface area contributed by atoms with Gasteiger partial charge in [-0.25, -0.2) is 0 Å². The van der Waals surface area contributed by atoms with Crippen molar-refractivity contribution in [3.8, 4) is 0 Å². The molecule has 0 bridgehead atoms. The van der Waals surface area contributed by atoms with E-state index in [2.05, 4.69) is 44.0 Å². The van der Waals surface area contributed by atoms with Gasteiger partial charge in [-0.15, -0.1) is 0 Å². The first kappa shape index (κ1) is 10.2. The summed E-state index contributed by atoms with van der Waals surface area (Å²) in [7, 11) is 0. The minimum Gasteiger partial charge on any atom is -0.390 e. The second kappa shape index (κ2) is 3.70. The Morgan fingerprint density at radius 2 is 2.07 bits per heavy atom. The SMILES string of the molecule is Cc1c(CO)[nH]c2ccc(C(C)C)cc12. The zero-order valence-corrected chi connectivity index (χ0v) is 9.46. The molecule has 80 valence electrons. The van der Waals surface area contributed by atoms with E-state index in [1.54, 1.807) is 0 Å². The van der Waals surface area contributed by atoms with Crippen LogP contribution in [-0.2, 0) is 6.61 Å². The van der Waals surface area contributed by atoms with Crippen LogP contribution in [0.2, 0.25) is 0 Å². The highest BCUT2D eigenvalue weighted by atomic mass is 16.3. The molecule has 1 aromatic heterocycles. The highest BCUT2D eigenvalue weighted by molar-refractivity contribution is 5.85. The fourth-order valence-corrected chi connectivity index (χ4v) is 1.92. The predicted octanol–water partition coefficient (Wildman–Crippen LogP) is 3.09. The molecule has 0 aliphatic heterocycles. The number of hydrogen-bond acceptors (Lipinski definition) is 1. The van der Waals surface area contributed by atoms with E-state index in [1.807, 2.05) is 0 Å². The maximum absolute atomic E-state index is 9.17. The number of rotatable bonds is 2. The summed E-state index contributed by atoms with van der Waals surface area (Å²) in [5.74, 6) is 0.543. The van der Waals surface area contributed by atoms with Gasteiger partial charge in [0, 0.05) is 16.6 Å². The van der Waals surface area contributed by atoms with Crippen LogP contribution in [0, 0.1) is 6.92 Å². The van der Waals surface area contributed by atoms with Crippen LogP contribution in [-0.4, -0.2) is 10.1 Å². The Hall–Kier alpha value is -1.28. The highest BCUT2D eigenvalue weighted by Crippen LogP contribution is 2.25. The van der Waals surface area contributed by atoms with E-state index in [1.165, 1.54) is 10.9 Å². The zero-order valence-electron chi connectivity index (χ0n) is 9.46. The van der Waals surface area contributed by atoms with Crippen LogP contribution in [0.1, 0.15) is 36.6 Å². The van der Waals surface area contributed by atoms with Crippen LogP contribution < -0.4 is 0 Å². The number of aromatic amines is 1. The number of hydrogen-bond donors (Lipinski definition) is 2. The molecule has 2 N–H and O–H groups in total. The molecule has 2 heteroatoms. The van der Waals surface area contributed by atoms with Crippen LogP contribution in [0.5, 0.6) is 0 Å². The first-order valence-electron chi connectivity index (χ1n) is 5.35. The molecule has 1 aromatic carbocycles. The maximum Gasteiger partial charge on any atom is 0.0833 e. The number of fused-ring (bicyclic) bond motifs is 1. The van der Waals surface area contributed by atoms with Crippen molar-refractivity contribution in [3.63, 3.8) is 0 Å². The van der Waals surface area contributed by atoms with Crippen molar-refractivity contribution in [1.82, 2.24) is 4.98 Å². The summed E-state index contributed by atoms with van der Waals surface area (Å²) in [4.78, 5) is 3.23. The van der Waals surface area contributed by atoms with E-state index in [0.717, 1.165) is 16.8 Å². The summed E-state index contributed by atoms with van der Waals surface area (Å²) in [6.07, 6.45) is 0. The molecule has 0 aliphatic carbocycles. The molecule has 0 aliphatic rings. The Labute approximate surface area is 89.9 Å². The third-order valence-corrected chi connectivity index (χ3v) is 3.01. The van der Waals surface area contributed by atoms with Crippen LogP contribution >= 0.6 is 0 Å². The summed E-state index contributed by atoms with van der Waals surface area (Å²) < 4.78 is 0. The molecular weight excluding hydrogens is 186 g/mol. The second-order valence-corrected chi connectivity index (χ2v) is 4.35. The van der Waals surface area contributed by atoms with Crippen molar-refractivity contribution in [2.24, 2.45) is 0 Å². The normalized spacial score (nSPS) is 11.5. The van der Waals surface area contributed by atoms with Gasteiger partial charge < -0.3 is 10.1 Å². The molecule has 0 saturated heterocycles. The Bertz CT molecular complexity index is 482. The van der Waals surface area contributed by atoms with Gasteiger partial charge in [0.15, 0.2) is 0 Å². The zero-order chi connectivity index (χ0) is 11.0. The Balaban J connectivity index is 2.65. The van der Waals surface area contributed by atoms with Gasteiger partial charge in [-0.1, -0.05) is 19.9 Å². The van der Waals surface area contributed by atoms with Crippen molar-refractivity contribution in [1.29, 1.82) is 0 Å². The summed E-state index contributed by atoms with van der Waals surface area (Å²) in [5, 5.41) is 10.4. The number of H-pyrrole nitrogens is 1. The number of aliphatic hydroxyl groups is 1. The Morgan fingerprint density at radius 3 is 2.67 bits per heavy atom. The van der Waals surface area contributed by atoms with E-state index >= 15 is 0 Å². The molecule has 0 radical (unpaired) electrons. The minimum absolute atomic E-state index is 0.0809. The van der Waals surface area contributed by atoms with Gasteiger partial charge in [-0.2, -0.15) is 0 Å². The molecular formula is C13H17NO.